The van der Waals surface area contributed by atoms with Gasteiger partial charge >= 0.3 is 0 Å². The number of pyridine rings is 1. The van der Waals surface area contributed by atoms with Crippen LogP contribution in [0.5, 0.6) is 0 Å². The molecule has 4 heteroatoms. The summed E-state index contributed by atoms with van der Waals surface area (Å²) in [4.78, 5) is 8.34. The Morgan fingerprint density at radius 3 is 2.84 bits per heavy atom. The molecule has 1 fully saturated rings. The molecule has 3 aromatic rings. The van der Waals surface area contributed by atoms with E-state index in [2.05, 4.69) is 72.5 Å². The van der Waals surface area contributed by atoms with E-state index in [1.807, 2.05) is 24.6 Å². The molecule has 1 saturated heterocycles. The number of aromatic nitrogens is 1. The number of benzene rings is 1. The van der Waals surface area contributed by atoms with Gasteiger partial charge < -0.3 is 10.2 Å². The van der Waals surface area contributed by atoms with Gasteiger partial charge in [-0.15, -0.1) is 11.3 Å². The third-order valence-corrected chi connectivity index (χ3v) is 8.15. The zero-order chi connectivity index (χ0) is 22.4. The largest absolute Gasteiger partial charge is 0.388 e. The fourth-order valence-electron chi connectivity index (χ4n) is 5.12. The molecule has 1 N–H and O–H groups in total. The first-order valence-corrected chi connectivity index (χ1v) is 12.3. The average molecular weight is 442 g/mol. The maximum absolute atomic E-state index is 4.66. The lowest BCUT2D eigenvalue weighted by atomic mass is 9.98. The van der Waals surface area contributed by atoms with Gasteiger partial charge in [0, 0.05) is 43.3 Å². The Balaban J connectivity index is 1.42. The Morgan fingerprint density at radius 1 is 1.25 bits per heavy atom. The van der Waals surface area contributed by atoms with Crippen LogP contribution in [0.4, 0.5) is 0 Å². The molecule has 164 valence electrons. The molecule has 1 aliphatic carbocycles. The highest BCUT2D eigenvalue weighted by Crippen LogP contribution is 2.38. The summed E-state index contributed by atoms with van der Waals surface area (Å²) in [6, 6.07) is 11.3. The van der Waals surface area contributed by atoms with E-state index >= 15 is 0 Å². The Hall–Kier alpha value is -2.85. The molecular weight excluding hydrogens is 410 g/mol. The highest BCUT2D eigenvalue weighted by Gasteiger charge is 2.23. The molecular formula is C28H31N3S. The number of nitrogens with zero attached hydrogens (tertiary/aromatic N) is 2. The van der Waals surface area contributed by atoms with Crippen LogP contribution in [0.2, 0.25) is 0 Å². The van der Waals surface area contributed by atoms with Crippen molar-refractivity contribution in [2.24, 2.45) is 5.92 Å². The van der Waals surface area contributed by atoms with Crippen molar-refractivity contribution < 1.29 is 0 Å². The summed E-state index contributed by atoms with van der Waals surface area (Å²) in [5.74, 6) is 0.749. The number of rotatable bonds is 6. The summed E-state index contributed by atoms with van der Waals surface area (Å²) in [7, 11) is 1.94. The summed E-state index contributed by atoms with van der Waals surface area (Å²) in [6.45, 7) is 15.4. The topological polar surface area (TPSA) is 28.2 Å². The van der Waals surface area contributed by atoms with E-state index in [-0.39, 0.29) is 0 Å². The summed E-state index contributed by atoms with van der Waals surface area (Å²) in [5.41, 5.74) is 11.3. The summed E-state index contributed by atoms with van der Waals surface area (Å²) < 4.78 is 1.29. The monoisotopic (exact) mass is 441 g/mol. The molecule has 1 atom stereocenters. The van der Waals surface area contributed by atoms with E-state index in [9.17, 15) is 0 Å². The lowest BCUT2D eigenvalue weighted by Crippen LogP contribution is -2.17. The molecule has 1 aliphatic heterocycles. The minimum absolute atomic E-state index is 0.749. The Bertz CT molecular complexity index is 1260. The smallest absolute Gasteiger partial charge is 0.0819 e. The second-order valence-corrected chi connectivity index (χ2v) is 10.4. The standard InChI is InChI=1S/C28H31N3S/c1-17-9-11-31(16-17)20(4)26-15-25-28(32-26)22(8-10-30-25)13-21-6-7-24-23(14-21)12-18(2)27(24)19(3)29-5/h6-8,10,14-15,17,29H,3-4,9,11-13,16H2,1-2,5H3. The second-order valence-electron chi connectivity index (χ2n) is 9.31. The molecule has 3 heterocycles. The van der Waals surface area contributed by atoms with Crippen LogP contribution in [0.1, 0.15) is 47.4 Å². The Morgan fingerprint density at radius 2 is 2.09 bits per heavy atom. The van der Waals surface area contributed by atoms with Crippen molar-refractivity contribution in [2.45, 2.75) is 33.1 Å². The van der Waals surface area contributed by atoms with E-state index in [4.69, 9.17) is 0 Å². The van der Waals surface area contributed by atoms with E-state index in [1.54, 1.807) is 0 Å². The normalized spacial score (nSPS) is 17.8. The van der Waals surface area contributed by atoms with Gasteiger partial charge in [0.2, 0.25) is 0 Å². The number of hydrogen-bond donors (Lipinski definition) is 1. The first-order valence-electron chi connectivity index (χ1n) is 11.4. The lowest BCUT2D eigenvalue weighted by molar-refractivity contribution is 0.473. The maximum atomic E-state index is 4.66. The molecule has 0 amide bonds. The van der Waals surface area contributed by atoms with E-state index in [0.29, 0.717) is 0 Å². The quantitative estimate of drug-likeness (QED) is 0.489. The zero-order valence-corrected chi connectivity index (χ0v) is 20.1. The van der Waals surface area contributed by atoms with Crippen LogP contribution < -0.4 is 5.32 Å². The highest BCUT2D eigenvalue weighted by atomic mass is 32.1. The number of allylic oxidation sites excluding steroid dienone is 2. The molecule has 0 saturated carbocycles. The first kappa shape index (κ1) is 21.0. The highest BCUT2D eigenvalue weighted by molar-refractivity contribution is 7.20. The first-order chi connectivity index (χ1) is 15.4. The molecule has 1 aromatic carbocycles. The zero-order valence-electron chi connectivity index (χ0n) is 19.3. The van der Waals surface area contributed by atoms with Gasteiger partial charge in [-0.1, -0.05) is 43.9 Å². The van der Waals surface area contributed by atoms with E-state index in [0.717, 1.165) is 48.8 Å². The minimum atomic E-state index is 0.749. The molecule has 1 unspecified atom stereocenters. The number of fused-ring (bicyclic) bond motifs is 2. The van der Waals surface area contributed by atoms with Crippen molar-refractivity contribution in [1.29, 1.82) is 0 Å². The van der Waals surface area contributed by atoms with Gasteiger partial charge in [-0.25, -0.2) is 0 Å². The molecule has 2 aliphatic rings. The summed E-state index contributed by atoms with van der Waals surface area (Å²) >= 11 is 1.84. The molecule has 0 bridgehead atoms. The predicted octanol–water partition coefficient (Wildman–Crippen LogP) is 6.26. The third kappa shape index (κ3) is 3.67. The Labute approximate surface area is 195 Å². The van der Waals surface area contributed by atoms with Gasteiger partial charge in [0.1, 0.15) is 0 Å². The van der Waals surface area contributed by atoms with Crippen molar-refractivity contribution in [3.63, 3.8) is 0 Å². The van der Waals surface area contributed by atoms with Crippen LogP contribution in [0.25, 0.3) is 21.5 Å². The van der Waals surface area contributed by atoms with Crippen molar-refractivity contribution in [2.75, 3.05) is 20.1 Å². The number of thiophene rings is 1. The van der Waals surface area contributed by atoms with Gasteiger partial charge in [0.25, 0.3) is 0 Å². The SMILES string of the molecule is C=C(NC)C1=C(C)Cc2cc(Cc3ccnc4cc(C(=C)N5CCC(C)C5)sc34)ccc21. The molecule has 0 radical (unpaired) electrons. The van der Waals surface area contributed by atoms with E-state index in [1.165, 1.54) is 49.4 Å². The lowest BCUT2D eigenvalue weighted by Gasteiger charge is -2.19. The van der Waals surface area contributed by atoms with Gasteiger partial charge in [-0.05, 0) is 66.5 Å². The fourth-order valence-corrected chi connectivity index (χ4v) is 6.25. The van der Waals surface area contributed by atoms with Crippen LogP contribution in [0, 0.1) is 5.92 Å². The van der Waals surface area contributed by atoms with Crippen LogP contribution in [0.15, 0.2) is 61.0 Å². The van der Waals surface area contributed by atoms with Gasteiger partial charge in [-0.3, -0.25) is 4.98 Å². The molecule has 0 spiro atoms. The second kappa shape index (κ2) is 8.25. The number of likely N-dealkylation sites (tertiary alicyclic amines) is 1. The Kier molecular flexibility index (Phi) is 5.42. The summed E-state index contributed by atoms with van der Waals surface area (Å²) in [5, 5.41) is 3.22. The van der Waals surface area contributed by atoms with Crippen molar-refractivity contribution in [1.82, 2.24) is 15.2 Å². The third-order valence-electron chi connectivity index (χ3n) is 6.90. The fraction of sp³-hybridized carbons (Fsp3) is 0.321. The average Bonchev–Trinajstić information content (AvgIpc) is 3.49. The van der Waals surface area contributed by atoms with E-state index < -0.39 is 0 Å². The van der Waals surface area contributed by atoms with Gasteiger partial charge in [0.05, 0.1) is 15.1 Å². The van der Waals surface area contributed by atoms with Crippen molar-refractivity contribution in [3.05, 3.63) is 88.1 Å². The molecule has 5 rings (SSSR count). The van der Waals surface area contributed by atoms with Gasteiger partial charge in [-0.2, -0.15) is 0 Å². The number of nitrogens with one attached hydrogen (secondary N) is 1. The molecule has 3 nitrogen and oxygen atoms in total. The minimum Gasteiger partial charge on any atom is -0.388 e. The van der Waals surface area contributed by atoms with Crippen LogP contribution in [-0.2, 0) is 12.8 Å². The molecule has 2 aromatic heterocycles. The van der Waals surface area contributed by atoms with Crippen molar-refractivity contribution >= 4 is 32.8 Å². The van der Waals surface area contributed by atoms with Crippen LogP contribution in [0.3, 0.4) is 0 Å². The predicted molar refractivity (Wildman–Crippen MR) is 138 cm³/mol. The molecule has 32 heavy (non-hydrogen) atoms. The van der Waals surface area contributed by atoms with Crippen molar-refractivity contribution in [3.8, 4) is 0 Å². The number of likely N-dealkylation sites (N-methyl/N-ethyl adjacent to an activating group) is 1. The van der Waals surface area contributed by atoms with Crippen LogP contribution in [-0.4, -0.2) is 30.0 Å². The maximum Gasteiger partial charge on any atom is 0.0819 e. The van der Waals surface area contributed by atoms with Gasteiger partial charge in [0.15, 0.2) is 0 Å². The summed E-state index contributed by atoms with van der Waals surface area (Å²) in [6.07, 6.45) is 5.12. The van der Waals surface area contributed by atoms with Crippen LogP contribution >= 0.6 is 11.3 Å². The number of hydrogen-bond acceptors (Lipinski definition) is 4.